The molecular formula is C14H22N2O2. The average molecular weight is 250 g/mol. The molecular weight excluding hydrogens is 228 g/mol. The molecule has 4 heteroatoms. The Morgan fingerprint density at radius 1 is 1.22 bits per heavy atom. The van der Waals surface area contributed by atoms with Gasteiger partial charge in [0.25, 0.3) is 5.91 Å². The second-order valence-electron chi connectivity index (χ2n) is 4.45. The molecule has 0 atom stereocenters. The van der Waals surface area contributed by atoms with Gasteiger partial charge in [0.2, 0.25) is 0 Å². The van der Waals surface area contributed by atoms with E-state index in [-0.39, 0.29) is 16.9 Å². The standard InChI is InChI=1S/C14H22N2O2/c1-2-3-4-5-6-7-9-16-14(18)12-11-15-10-8-13(12)17/h8,10-11H,2-7,9H2,1H3,(H,15,17)(H,16,18). The predicted octanol–water partition coefficient (Wildman–Crippen LogP) is 2.47. The molecule has 1 aromatic heterocycles. The molecule has 0 fully saturated rings. The van der Waals surface area contributed by atoms with E-state index < -0.39 is 0 Å². The minimum Gasteiger partial charge on any atom is -0.367 e. The largest absolute Gasteiger partial charge is 0.367 e. The number of unbranched alkanes of at least 4 members (excludes halogenated alkanes) is 5. The molecule has 0 bridgehead atoms. The van der Waals surface area contributed by atoms with Crippen LogP contribution in [0.4, 0.5) is 0 Å². The van der Waals surface area contributed by atoms with Gasteiger partial charge >= 0.3 is 0 Å². The van der Waals surface area contributed by atoms with Gasteiger partial charge in [0.05, 0.1) is 0 Å². The van der Waals surface area contributed by atoms with Crippen LogP contribution in [0.1, 0.15) is 55.8 Å². The molecule has 0 saturated heterocycles. The van der Waals surface area contributed by atoms with Crippen molar-refractivity contribution in [2.45, 2.75) is 45.4 Å². The highest BCUT2D eigenvalue weighted by molar-refractivity contribution is 5.93. The maximum atomic E-state index is 11.7. The summed E-state index contributed by atoms with van der Waals surface area (Å²) >= 11 is 0. The lowest BCUT2D eigenvalue weighted by atomic mass is 10.1. The first-order valence-corrected chi connectivity index (χ1v) is 6.71. The van der Waals surface area contributed by atoms with Crippen molar-refractivity contribution >= 4 is 5.91 Å². The van der Waals surface area contributed by atoms with Crippen molar-refractivity contribution in [3.63, 3.8) is 0 Å². The van der Waals surface area contributed by atoms with E-state index in [2.05, 4.69) is 17.2 Å². The van der Waals surface area contributed by atoms with Crippen molar-refractivity contribution in [2.24, 2.45) is 0 Å². The Bertz CT molecular complexity index is 412. The van der Waals surface area contributed by atoms with Gasteiger partial charge in [-0.25, -0.2) is 0 Å². The number of amides is 1. The predicted molar refractivity (Wildman–Crippen MR) is 72.8 cm³/mol. The van der Waals surface area contributed by atoms with E-state index >= 15 is 0 Å². The lowest BCUT2D eigenvalue weighted by molar-refractivity contribution is 0.0951. The monoisotopic (exact) mass is 250 g/mol. The molecule has 0 aliphatic heterocycles. The summed E-state index contributed by atoms with van der Waals surface area (Å²) in [6.45, 7) is 2.83. The minimum atomic E-state index is -0.287. The maximum Gasteiger partial charge on any atom is 0.256 e. The Balaban J connectivity index is 2.18. The first-order chi connectivity index (χ1) is 8.75. The summed E-state index contributed by atoms with van der Waals surface area (Å²) in [5.41, 5.74) is -0.0577. The maximum absolute atomic E-state index is 11.7. The highest BCUT2D eigenvalue weighted by Crippen LogP contribution is 2.04. The van der Waals surface area contributed by atoms with Gasteiger partial charge < -0.3 is 10.3 Å². The van der Waals surface area contributed by atoms with E-state index in [1.807, 2.05) is 0 Å². The van der Waals surface area contributed by atoms with E-state index in [1.165, 1.54) is 44.1 Å². The van der Waals surface area contributed by atoms with E-state index in [0.29, 0.717) is 6.54 Å². The van der Waals surface area contributed by atoms with Gasteiger partial charge in [-0.05, 0) is 6.42 Å². The Hall–Kier alpha value is -1.58. The Morgan fingerprint density at radius 3 is 2.67 bits per heavy atom. The number of carbonyl (C=O) groups excluding carboxylic acids is 1. The zero-order valence-electron chi connectivity index (χ0n) is 11.0. The highest BCUT2D eigenvalue weighted by Gasteiger charge is 2.07. The number of hydrogen-bond donors (Lipinski definition) is 2. The molecule has 100 valence electrons. The number of H-pyrrole nitrogens is 1. The van der Waals surface area contributed by atoms with Crippen molar-refractivity contribution in [3.05, 3.63) is 34.2 Å². The molecule has 18 heavy (non-hydrogen) atoms. The van der Waals surface area contributed by atoms with Crippen LogP contribution < -0.4 is 10.7 Å². The first-order valence-electron chi connectivity index (χ1n) is 6.71. The summed E-state index contributed by atoms with van der Waals surface area (Å²) in [7, 11) is 0. The Labute approximate surface area is 108 Å². The first kappa shape index (κ1) is 14.5. The van der Waals surface area contributed by atoms with Gasteiger partial charge in [0.1, 0.15) is 5.56 Å². The van der Waals surface area contributed by atoms with Gasteiger partial charge in [-0.3, -0.25) is 9.59 Å². The number of nitrogens with one attached hydrogen (secondary N) is 2. The topological polar surface area (TPSA) is 62.0 Å². The van der Waals surface area contributed by atoms with Gasteiger partial charge in [0, 0.05) is 25.0 Å². The molecule has 0 radical (unpaired) electrons. The van der Waals surface area contributed by atoms with Crippen molar-refractivity contribution < 1.29 is 4.79 Å². The molecule has 1 amide bonds. The number of hydrogen-bond acceptors (Lipinski definition) is 2. The van der Waals surface area contributed by atoms with Gasteiger partial charge in [0.15, 0.2) is 5.43 Å². The summed E-state index contributed by atoms with van der Waals surface area (Å²) in [6, 6.07) is 1.36. The Kier molecular flexibility index (Phi) is 6.84. The second kappa shape index (κ2) is 8.50. The van der Waals surface area contributed by atoms with E-state index in [4.69, 9.17) is 0 Å². The van der Waals surface area contributed by atoms with Crippen molar-refractivity contribution in [1.82, 2.24) is 10.3 Å². The van der Waals surface area contributed by atoms with Crippen LogP contribution >= 0.6 is 0 Å². The molecule has 0 unspecified atom stereocenters. The fourth-order valence-electron chi connectivity index (χ4n) is 1.80. The number of carbonyl (C=O) groups is 1. The molecule has 0 spiro atoms. The van der Waals surface area contributed by atoms with E-state index in [9.17, 15) is 9.59 Å². The summed E-state index contributed by atoms with van der Waals surface area (Å²) < 4.78 is 0. The van der Waals surface area contributed by atoms with Crippen molar-refractivity contribution in [3.8, 4) is 0 Å². The highest BCUT2D eigenvalue weighted by atomic mass is 16.2. The van der Waals surface area contributed by atoms with Crippen LogP contribution in [0.25, 0.3) is 0 Å². The van der Waals surface area contributed by atoms with Crippen LogP contribution in [0.2, 0.25) is 0 Å². The number of aromatic nitrogens is 1. The van der Waals surface area contributed by atoms with Crippen LogP contribution in [0.5, 0.6) is 0 Å². The summed E-state index contributed by atoms with van der Waals surface area (Å²) in [4.78, 5) is 25.8. The second-order valence-corrected chi connectivity index (χ2v) is 4.45. The number of aromatic amines is 1. The van der Waals surface area contributed by atoms with Gasteiger partial charge in [-0.1, -0.05) is 39.0 Å². The van der Waals surface area contributed by atoms with Crippen molar-refractivity contribution in [2.75, 3.05) is 6.54 Å². The summed E-state index contributed by atoms with van der Waals surface area (Å²) in [6.07, 6.45) is 10.1. The van der Waals surface area contributed by atoms with Crippen LogP contribution in [0, 0.1) is 0 Å². The van der Waals surface area contributed by atoms with Crippen molar-refractivity contribution in [1.29, 1.82) is 0 Å². The van der Waals surface area contributed by atoms with Crippen LogP contribution in [0.3, 0.4) is 0 Å². The van der Waals surface area contributed by atoms with Gasteiger partial charge in [-0.2, -0.15) is 0 Å². The van der Waals surface area contributed by atoms with Crippen LogP contribution in [-0.2, 0) is 0 Å². The number of rotatable bonds is 8. The summed E-state index contributed by atoms with van der Waals surface area (Å²) in [5.74, 6) is -0.287. The molecule has 0 aromatic carbocycles. The fourth-order valence-corrected chi connectivity index (χ4v) is 1.80. The third kappa shape index (κ3) is 5.17. The third-order valence-electron chi connectivity index (χ3n) is 2.88. The number of pyridine rings is 1. The fraction of sp³-hybridized carbons (Fsp3) is 0.571. The minimum absolute atomic E-state index is 0.184. The third-order valence-corrected chi connectivity index (χ3v) is 2.88. The van der Waals surface area contributed by atoms with Crippen LogP contribution in [-0.4, -0.2) is 17.4 Å². The molecule has 1 aromatic rings. The smallest absolute Gasteiger partial charge is 0.256 e. The molecule has 0 aliphatic rings. The molecule has 2 N–H and O–H groups in total. The average Bonchev–Trinajstić information content (AvgIpc) is 2.38. The van der Waals surface area contributed by atoms with E-state index in [1.54, 1.807) is 0 Å². The lowest BCUT2D eigenvalue weighted by Gasteiger charge is -2.04. The summed E-state index contributed by atoms with van der Waals surface area (Å²) in [5, 5.41) is 2.77. The quantitative estimate of drug-likeness (QED) is 0.696. The SMILES string of the molecule is CCCCCCCCNC(=O)c1c[nH]ccc1=O. The zero-order valence-corrected chi connectivity index (χ0v) is 11.0. The van der Waals surface area contributed by atoms with Crippen LogP contribution in [0.15, 0.2) is 23.3 Å². The Morgan fingerprint density at radius 2 is 1.94 bits per heavy atom. The normalized spacial score (nSPS) is 10.3. The molecule has 4 nitrogen and oxygen atoms in total. The molecule has 1 heterocycles. The van der Waals surface area contributed by atoms with Gasteiger partial charge in [-0.15, -0.1) is 0 Å². The van der Waals surface area contributed by atoms with E-state index in [0.717, 1.165) is 12.8 Å². The molecule has 1 rings (SSSR count). The lowest BCUT2D eigenvalue weighted by Crippen LogP contribution is -2.29. The zero-order chi connectivity index (χ0) is 13.2. The molecule has 0 aliphatic carbocycles. The molecule has 0 saturated carbocycles.